The van der Waals surface area contributed by atoms with Gasteiger partial charge in [0.1, 0.15) is 36.0 Å². The number of hydrogen-bond acceptors (Lipinski definition) is 9. The fourth-order valence-electron chi connectivity index (χ4n) is 6.11. The van der Waals surface area contributed by atoms with Crippen LogP contribution in [0.1, 0.15) is 55.6 Å². The molecule has 0 radical (unpaired) electrons. The molecule has 11 nitrogen and oxygen atoms in total. The molecule has 0 amide bonds. The van der Waals surface area contributed by atoms with Crippen LogP contribution in [0.4, 0.5) is 5.82 Å². The van der Waals surface area contributed by atoms with Gasteiger partial charge in [-0.05, 0) is 68.7 Å². The Hall–Kier alpha value is -3.12. The van der Waals surface area contributed by atoms with Gasteiger partial charge in [0.15, 0.2) is 17.7 Å². The number of nitrogens with two attached hydrogens (primary N) is 1. The van der Waals surface area contributed by atoms with Crippen LogP contribution in [-0.4, -0.2) is 82.5 Å². The normalized spacial score (nSPS) is 29.5. The summed E-state index contributed by atoms with van der Waals surface area (Å²) in [5, 5.41) is 21.5. The SMILES string of the molecule is CN(C[C@H]1O[C@@H](n2cnc3c(N)ncnc32)[C@@H](O)[C@H]1O)C1CC(CCc2nc3ccc(C4CC4)cc3[nH]2)C1. The van der Waals surface area contributed by atoms with Crippen LogP contribution in [0.15, 0.2) is 30.9 Å². The monoisotopic (exact) mass is 518 g/mol. The Morgan fingerprint density at radius 3 is 2.82 bits per heavy atom. The standard InChI is InChI=1S/C27H34N8O3/c1-34(11-20-23(36)24(37)27(38-20)35-13-31-22-25(28)29-12-30-26(22)35)17-8-14(9-17)2-7-21-32-18-6-5-16(15-3-4-15)10-19(18)33-21/h5-6,10,12-15,17,20,23-24,27,36-37H,2-4,7-9,11H2,1H3,(H,32,33)(H2,28,29,30)/t14?,17?,20-,23+,24+,27-/m1/s1. The number of aryl methyl sites for hydroxylation is 1. The Morgan fingerprint density at radius 1 is 1.16 bits per heavy atom. The third kappa shape index (κ3) is 4.23. The minimum absolute atomic E-state index is 0.264. The second kappa shape index (κ2) is 9.26. The molecule has 2 saturated carbocycles. The van der Waals surface area contributed by atoms with Crippen molar-refractivity contribution in [1.82, 2.24) is 34.4 Å². The van der Waals surface area contributed by atoms with E-state index in [0.717, 1.165) is 48.5 Å². The number of aromatic nitrogens is 6. The number of anilines is 1. The number of H-pyrrole nitrogens is 1. The van der Waals surface area contributed by atoms with Gasteiger partial charge in [-0.1, -0.05) is 6.07 Å². The maximum Gasteiger partial charge on any atom is 0.167 e. The van der Waals surface area contributed by atoms with E-state index >= 15 is 0 Å². The van der Waals surface area contributed by atoms with E-state index in [2.05, 4.69) is 50.1 Å². The summed E-state index contributed by atoms with van der Waals surface area (Å²) in [7, 11) is 2.06. The zero-order chi connectivity index (χ0) is 26.0. The number of aliphatic hydroxyl groups excluding tert-OH is 2. The lowest BCUT2D eigenvalue weighted by atomic mass is 9.76. The van der Waals surface area contributed by atoms with Crippen molar-refractivity contribution in [3.8, 4) is 0 Å². The zero-order valence-corrected chi connectivity index (χ0v) is 21.4. The summed E-state index contributed by atoms with van der Waals surface area (Å²) in [5.74, 6) is 2.75. The number of aliphatic hydroxyl groups is 2. The van der Waals surface area contributed by atoms with E-state index < -0.39 is 24.5 Å². The molecule has 1 aromatic carbocycles. The van der Waals surface area contributed by atoms with Crippen LogP contribution in [0.25, 0.3) is 22.2 Å². The molecule has 1 aliphatic heterocycles. The highest BCUT2D eigenvalue weighted by Crippen LogP contribution is 2.41. The van der Waals surface area contributed by atoms with Crippen LogP contribution in [0.3, 0.4) is 0 Å². The van der Waals surface area contributed by atoms with Gasteiger partial charge in [0.2, 0.25) is 0 Å². The molecule has 3 aliphatic rings. The van der Waals surface area contributed by atoms with Crippen molar-refractivity contribution in [3.63, 3.8) is 0 Å². The molecular weight excluding hydrogens is 484 g/mol. The van der Waals surface area contributed by atoms with Crippen LogP contribution in [0.2, 0.25) is 0 Å². The predicted molar refractivity (Wildman–Crippen MR) is 141 cm³/mol. The average molecular weight is 519 g/mol. The van der Waals surface area contributed by atoms with Gasteiger partial charge in [-0.3, -0.25) is 4.57 Å². The number of benzene rings is 1. The molecule has 200 valence electrons. The Bertz CT molecular complexity index is 1460. The van der Waals surface area contributed by atoms with Crippen molar-refractivity contribution in [2.75, 3.05) is 19.3 Å². The van der Waals surface area contributed by atoms with Crippen LogP contribution in [0.5, 0.6) is 0 Å². The lowest BCUT2D eigenvalue weighted by Gasteiger charge is -2.42. The van der Waals surface area contributed by atoms with E-state index in [9.17, 15) is 10.2 Å². The van der Waals surface area contributed by atoms with Crippen LogP contribution >= 0.6 is 0 Å². The number of nitrogens with zero attached hydrogens (tertiary/aromatic N) is 6. The van der Waals surface area contributed by atoms with E-state index in [1.165, 1.54) is 31.1 Å². The lowest BCUT2D eigenvalue weighted by Crippen LogP contribution is -2.47. The molecule has 4 aromatic rings. The second-order valence-electron chi connectivity index (χ2n) is 11.3. The number of ether oxygens (including phenoxy) is 1. The Kier molecular flexibility index (Phi) is 5.84. The molecule has 0 unspecified atom stereocenters. The second-order valence-corrected chi connectivity index (χ2v) is 11.3. The first-order chi connectivity index (χ1) is 18.4. The van der Waals surface area contributed by atoms with Crippen molar-refractivity contribution in [1.29, 1.82) is 0 Å². The molecule has 1 saturated heterocycles. The maximum absolute atomic E-state index is 10.7. The fourth-order valence-corrected chi connectivity index (χ4v) is 6.11. The first-order valence-corrected chi connectivity index (χ1v) is 13.6. The summed E-state index contributed by atoms with van der Waals surface area (Å²) >= 11 is 0. The van der Waals surface area contributed by atoms with Gasteiger partial charge < -0.3 is 30.6 Å². The molecular formula is C27H34N8O3. The lowest BCUT2D eigenvalue weighted by molar-refractivity contribution is -0.0514. The highest BCUT2D eigenvalue weighted by atomic mass is 16.6. The first-order valence-electron chi connectivity index (χ1n) is 13.6. The van der Waals surface area contributed by atoms with Gasteiger partial charge in [-0.25, -0.2) is 19.9 Å². The first kappa shape index (κ1) is 24.0. The van der Waals surface area contributed by atoms with E-state index in [-0.39, 0.29) is 5.82 Å². The quantitative estimate of drug-likeness (QED) is 0.275. The summed E-state index contributed by atoms with van der Waals surface area (Å²) < 4.78 is 7.74. The number of nitrogens with one attached hydrogen (secondary N) is 1. The zero-order valence-electron chi connectivity index (χ0n) is 21.4. The van der Waals surface area contributed by atoms with E-state index in [1.807, 2.05) is 0 Å². The number of rotatable bonds is 8. The van der Waals surface area contributed by atoms with Crippen molar-refractivity contribution in [2.45, 2.75) is 75.0 Å². The molecule has 4 heterocycles. The Balaban J connectivity index is 0.920. The van der Waals surface area contributed by atoms with Crippen molar-refractivity contribution >= 4 is 28.0 Å². The summed E-state index contributed by atoms with van der Waals surface area (Å²) in [6.45, 7) is 0.531. The molecule has 2 aliphatic carbocycles. The Morgan fingerprint density at radius 2 is 2.00 bits per heavy atom. The number of hydrogen-bond donors (Lipinski definition) is 4. The number of fused-ring (bicyclic) bond motifs is 2. The van der Waals surface area contributed by atoms with Gasteiger partial charge in [-0.15, -0.1) is 0 Å². The van der Waals surface area contributed by atoms with Crippen molar-refractivity contribution < 1.29 is 14.9 Å². The smallest absolute Gasteiger partial charge is 0.167 e. The van der Waals surface area contributed by atoms with Crippen LogP contribution in [0, 0.1) is 5.92 Å². The van der Waals surface area contributed by atoms with E-state index in [4.69, 9.17) is 15.5 Å². The van der Waals surface area contributed by atoms with Gasteiger partial charge in [0, 0.05) is 19.0 Å². The molecule has 7 rings (SSSR count). The molecule has 3 aromatic heterocycles. The summed E-state index contributed by atoms with van der Waals surface area (Å²) in [5.41, 5.74) is 10.5. The van der Waals surface area contributed by atoms with Gasteiger partial charge >= 0.3 is 0 Å². The van der Waals surface area contributed by atoms with Crippen molar-refractivity contribution in [2.24, 2.45) is 5.92 Å². The molecule has 0 bridgehead atoms. The Labute approximate surface area is 220 Å². The molecule has 5 N–H and O–H groups in total. The summed E-state index contributed by atoms with van der Waals surface area (Å²) in [4.78, 5) is 23.0. The number of likely N-dealkylation sites (N-methyl/N-ethyl adjacent to an activating group) is 1. The number of aromatic amines is 1. The summed E-state index contributed by atoms with van der Waals surface area (Å²) in [6, 6.07) is 7.09. The van der Waals surface area contributed by atoms with E-state index in [1.54, 1.807) is 4.57 Å². The van der Waals surface area contributed by atoms with Crippen LogP contribution < -0.4 is 5.73 Å². The topological polar surface area (TPSA) is 151 Å². The highest BCUT2D eigenvalue weighted by Gasteiger charge is 2.45. The third-order valence-corrected chi connectivity index (χ3v) is 8.69. The van der Waals surface area contributed by atoms with Gasteiger partial charge in [-0.2, -0.15) is 0 Å². The van der Waals surface area contributed by atoms with E-state index in [0.29, 0.717) is 29.7 Å². The largest absolute Gasteiger partial charge is 0.387 e. The molecule has 0 spiro atoms. The maximum atomic E-state index is 10.7. The van der Waals surface area contributed by atoms with Crippen LogP contribution in [-0.2, 0) is 11.2 Å². The highest BCUT2D eigenvalue weighted by molar-refractivity contribution is 5.81. The summed E-state index contributed by atoms with van der Waals surface area (Å²) in [6.07, 6.45) is 6.36. The molecule has 3 fully saturated rings. The third-order valence-electron chi connectivity index (χ3n) is 8.69. The van der Waals surface area contributed by atoms with Gasteiger partial charge in [0.05, 0.1) is 17.4 Å². The minimum Gasteiger partial charge on any atom is -0.387 e. The number of nitrogen functional groups attached to an aromatic ring is 1. The molecule has 4 atom stereocenters. The van der Waals surface area contributed by atoms with Gasteiger partial charge in [0.25, 0.3) is 0 Å². The average Bonchev–Trinajstić information content (AvgIpc) is 3.42. The van der Waals surface area contributed by atoms with Crippen molar-refractivity contribution in [3.05, 3.63) is 42.2 Å². The molecule has 38 heavy (non-hydrogen) atoms. The fraction of sp³-hybridized carbons (Fsp3) is 0.556. The predicted octanol–water partition coefficient (Wildman–Crippen LogP) is 2.12. The molecule has 11 heteroatoms. The minimum atomic E-state index is -1.10. The number of imidazole rings is 2.